The van der Waals surface area contributed by atoms with Crippen LogP contribution in [0.15, 0.2) is 42.5 Å². The van der Waals surface area contributed by atoms with Gasteiger partial charge in [-0.1, -0.05) is 25.1 Å². The predicted octanol–water partition coefficient (Wildman–Crippen LogP) is 3.65. The number of rotatable bonds is 8. The molecule has 2 amide bonds. The molecule has 0 atom stereocenters. The number of carbonyl (C=O) groups is 2. The Hall–Kier alpha value is -3.11. The zero-order chi connectivity index (χ0) is 24.7. The van der Waals surface area contributed by atoms with Gasteiger partial charge in [-0.05, 0) is 48.7 Å². The third-order valence-corrected chi connectivity index (χ3v) is 5.58. The van der Waals surface area contributed by atoms with Gasteiger partial charge in [0.2, 0.25) is 11.8 Å². The van der Waals surface area contributed by atoms with Crippen LogP contribution < -0.4 is 15.4 Å². The second-order valence-corrected chi connectivity index (χ2v) is 8.18. The van der Waals surface area contributed by atoms with Crippen molar-refractivity contribution in [3.8, 4) is 5.75 Å². The van der Waals surface area contributed by atoms with E-state index in [4.69, 9.17) is 0 Å². The van der Waals surface area contributed by atoms with Crippen molar-refractivity contribution in [3.63, 3.8) is 0 Å². The second-order valence-electron chi connectivity index (χ2n) is 8.18. The van der Waals surface area contributed by atoms with Crippen molar-refractivity contribution in [1.29, 1.82) is 0 Å². The summed E-state index contributed by atoms with van der Waals surface area (Å²) < 4.78 is 40.5. The largest absolute Gasteiger partial charge is 0.573 e. The smallest absolute Gasteiger partial charge is 0.406 e. The first-order chi connectivity index (χ1) is 16.1. The molecule has 0 unspecified atom stereocenters. The van der Waals surface area contributed by atoms with Gasteiger partial charge in [0.15, 0.2) is 0 Å². The molecule has 2 N–H and O–H groups in total. The highest BCUT2D eigenvalue weighted by Crippen LogP contribution is 2.24. The molecule has 2 aromatic carbocycles. The topological polar surface area (TPSA) is 73.9 Å². The van der Waals surface area contributed by atoms with Gasteiger partial charge in [0.1, 0.15) is 5.75 Å². The normalized spacial score (nSPS) is 15.1. The number of piperazine rings is 1. The lowest BCUT2D eigenvalue weighted by molar-refractivity contribution is -0.274. The molecule has 1 aliphatic heterocycles. The third-order valence-electron chi connectivity index (χ3n) is 5.58. The van der Waals surface area contributed by atoms with E-state index >= 15 is 0 Å². The Balaban J connectivity index is 1.41. The standard InChI is InChI=1S/C24H29F3N4O3/c1-3-18-6-4-5-17(2)23(18)29-22(33)16-31-13-11-30(12-14-31)15-21(32)28-19-7-9-20(10-8-19)34-24(25,26)27/h4-10H,3,11-16H2,1-2H3,(H,28,32)(H,29,33). The van der Waals surface area contributed by atoms with Gasteiger partial charge in [-0.3, -0.25) is 19.4 Å². The number of benzene rings is 2. The number of nitrogens with one attached hydrogen (secondary N) is 2. The average molecular weight is 479 g/mol. The second kappa shape index (κ2) is 11.3. The molecule has 0 aliphatic carbocycles. The molecule has 1 heterocycles. The molecule has 7 nitrogen and oxygen atoms in total. The maximum Gasteiger partial charge on any atom is 0.573 e. The first-order valence-corrected chi connectivity index (χ1v) is 11.1. The maximum absolute atomic E-state index is 12.6. The summed E-state index contributed by atoms with van der Waals surface area (Å²) in [5.74, 6) is -0.672. The van der Waals surface area contributed by atoms with Gasteiger partial charge in [-0.2, -0.15) is 0 Å². The number of anilines is 2. The van der Waals surface area contributed by atoms with Crippen LogP contribution in [0.4, 0.5) is 24.5 Å². The van der Waals surface area contributed by atoms with Crippen LogP contribution in [0.25, 0.3) is 0 Å². The van der Waals surface area contributed by atoms with Crippen molar-refractivity contribution in [1.82, 2.24) is 9.80 Å². The van der Waals surface area contributed by atoms with Crippen LogP contribution >= 0.6 is 0 Å². The number of hydrogen-bond donors (Lipinski definition) is 2. The molecule has 0 aromatic heterocycles. The summed E-state index contributed by atoms with van der Waals surface area (Å²) in [4.78, 5) is 28.9. The molecule has 0 saturated carbocycles. The quantitative estimate of drug-likeness (QED) is 0.606. The van der Waals surface area contributed by atoms with Gasteiger partial charge < -0.3 is 15.4 Å². The van der Waals surface area contributed by atoms with Gasteiger partial charge >= 0.3 is 6.36 Å². The highest BCUT2D eigenvalue weighted by atomic mass is 19.4. The van der Waals surface area contributed by atoms with Crippen molar-refractivity contribution in [2.24, 2.45) is 0 Å². The number of nitrogens with zero attached hydrogens (tertiary/aromatic N) is 2. The molecule has 0 bridgehead atoms. The van der Waals surface area contributed by atoms with E-state index in [9.17, 15) is 22.8 Å². The Morgan fingerprint density at radius 1 is 0.912 bits per heavy atom. The minimum absolute atomic E-state index is 0.0619. The molecular formula is C24H29F3N4O3. The van der Waals surface area contributed by atoms with Crippen LogP contribution in [0.3, 0.4) is 0 Å². The molecule has 34 heavy (non-hydrogen) atoms. The molecule has 1 saturated heterocycles. The molecule has 3 rings (SSSR count). The molecule has 1 aliphatic rings. The van der Waals surface area contributed by atoms with Crippen LogP contribution in [0, 0.1) is 6.92 Å². The van der Waals surface area contributed by atoms with Crippen LogP contribution in [-0.2, 0) is 16.0 Å². The number of hydrogen-bond acceptors (Lipinski definition) is 5. The van der Waals surface area contributed by atoms with Crippen molar-refractivity contribution in [2.75, 3.05) is 49.9 Å². The summed E-state index contributed by atoms with van der Waals surface area (Å²) in [6, 6.07) is 11.0. The number of ether oxygens (including phenoxy) is 1. The molecule has 1 fully saturated rings. The van der Waals surface area contributed by atoms with E-state index in [-0.39, 0.29) is 30.7 Å². The number of halogens is 3. The Bertz CT molecular complexity index is 988. The molecule has 2 aromatic rings. The summed E-state index contributed by atoms with van der Waals surface area (Å²) >= 11 is 0. The fourth-order valence-electron chi connectivity index (χ4n) is 3.83. The van der Waals surface area contributed by atoms with E-state index in [2.05, 4.69) is 22.3 Å². The van der Waals surface area contributed by atoms with E-state index < -0.39 is 6.36 Å². The van der Waals surface area contributed by atoms with E-state index in [0.717, 1.165) is 35.4 Å². The summed E-state index contributed by atoms with van der Waals surface area (Å²) in [6.07, 6.45) is -3.92. The van der Waals surface area contributed by atoms with Crippen LogP contribution in [0.1, 0.15) is 18.1 Å². The number of aryl methyl sites for hydroxylation is 2. The molecular weight excluding hydrogens is 449 g/mol. The summed E-state index contributed by atoms with van der Waals surface area (Å²) in [5, 5.41) is 5.71. The monoisotopic (exact) mass is 478 g/mol. The van der Waals surface area contributed by atoms with E-state index in [1.54, 1.807) is 0 Å². The van der Waals surface area contributed by atoms with Gasteiger partial charge in [0.25, 0.3) is 0 Å². The number of carbonyl (C=O) groups excluding carboxylic acids is 2. The first-order valence-electron chi connectivity index (χ1n) is 11.1. The summed E-state index contributed by atoms with van der Waals surface area (Å²) in [7, 11) is 0. The Labute approximate surface area is 196 Å². The van der Waals surface area contributed by atoms with Crippen molar-refractivity contribution in [2.45, 2.75) is 26.6 Å². The van der Waals surface area contributed by atoms with Gasteiger partial charge in [0, 0.05) is 37.6 Å². The number of alkyl halides is 3. The van der Waals surface area contributed by atoms with Crippen LogP contribution in [0.2, 0.25) is 0 Å². The Morgan fingerprint density at radius 2 is 1.47 bits per heavy atom. The number of para-hydroxylation sites is 1. The van der Waals surface area contributed by atoms with E-state index in [0.29, 0.717) is 31.9 Å². The van der Waals surface area contributed by atoms with Crippen molar-refractivity contribution in [3.05, 3.63) is 53.6 Å². The fraction of sp³-hybridized carbons (Fsp3) is 0.417. The maximum atomic E-state index is 12.6. The fourth-order valence-corrected chi connectivity index (χ4v) is 3.83. The highest BCUT2D eigenvalue weighted by Gasteiger charge is 2.31. The van der Waals surface area contributed by atoms with Crippen LogP contribution in [-0.4, -0.2) is 67.2 Å². The van der Waals surface area contributed by atoms with Crippen LogP contribution in [0.5, 0.6) is 5.75 Å². The minimum atomic E-state index is -4.76. The lowest BCUT2D eigenvalue weighted by Gasteiger charge is -2.33. The molecule has 0 spiro atoms. The van der Waals surface area contributed by atoms with Crippen molar-refractivity contribution >= 4 is 23.2 Å². The highest BCUT2D eigenvalue weighted by molar-refractivity contribution is 5.94. The SMILES string of the molecule is CCc1cccc(C)c1NC(=O)CN1CCN(CC(=O)Nc2ccc(OC(F)(F)F)cc2)CC1. The molecule has 0 radical (unpaired) electrons. The first kappa shape index (κ1) is 25.5. The molecule has 184 valence electrons. The zero-order valence-electron chi connectivity index (χ0n) is 19.2. The Morgan fingerprint density at radius 3 is 2.00 bits per heavy atom. The average Bonchev–Trinajstić information content (AvgIpc) is 2.77. The van der Waals surface area contributed by atoms with Gasteiger partial charge in [-0.15, -0.1) is 13.2 Å². The van der Waals surface area contributed by atoms with Crippen molar-refractivity contribution < 1.29 is 27.5 Å². The minimum Gasteiger partial charge on any atom is -0.406 e. The lowest BCUT2D eigenvalue weighted by Crippen LogP contribution is -2.50. The summed E-state index contributed by atoms with van der Waals surface area (Å²) in [5.41, 5.74) is 3.40. The lowest BCUT2D eigenvalue weighted by atomic mass is 10.1. The van der Waals surface area contributed by atoms with Gasteiger partial charge in [-0.25, -0.2) is 0 Å². The third kappa shape index (κ3) is 7.74. The van der Waals surface area contributed by atoms with Gasteiger partial charge in [0.05, 0.1) is 13.1 Å². The van der Waals surface area contributed by atoms with E-state index in [1.165, 1.54) is 12.1 Å². The van der Waals surface area contributed by atoms with E-state index in [1.807, 2.05) is 34.9 Å². The summed E-state index contributed by atoms with van der Waals surface area (Å²) in [6.45, 7) is 7.03. The number of amides is 2. The zero-order valence-corrected chi connectivity index (χ0v) is 19.2. The predicted molar refractivity (Wildman–Crippen MR) is 124 cm³/mol. The molecule has 10 heteroatoms. The Kier molecular flexibility index (Phi) is 8.51.